The lowest BCUT2D eigenvalue weighted by molar-refractivity contribution is -0.121. The van der Waals surface area contributed by atoms with Crippen molar-refractivity contribution in [2.45, 2.75) is 25.7 Å². The van der Waals surface area contributed by atoms with Crippen molar-refractivity contribution in [3.8, 4) is 0 Å². The highest BCUT2D eigenvalue weighted by Crippen LogP contribution is 2.13. The average molecular weight is 332 g/mol. The highest BCUT2D eigenvalue weighted by atomic mass is 32.1. The van der Waals surface area contributed by atoms with Crippen molar-refractivity contribution >= 4 is 22.2 Å². The number of hydrogen-bond donors (Lipinski definition) is 1. The molecule has 0 atom stereocenters. The Bertz CT molecular complexity index is 798. The summed E-state index contributed by atoms with van der Waals surface area (Å²) in [6.07, 6.45) is 3.85. The topological polar surface area (TPSA) is 59.3 Å². The third-order valence-electron chi connectivity index (χ3n) is 3.60. The minimum atomic E-state index is -0.206. The first-order valence-electron chi connectivity index (χ1n) is 7.50. The van der Waals surface area contributed by atoms with Crippen LogP contribution in [0.1, 0.15) is 24.1 Å². The van der Waals surface area contributed by atoms with Gasteiger partial charge in [-0.25, -0.2) is 13.9 Å². The second-order valence-corrected chi connectivity index (χ2v) is 6.06. The van der Waals surface area contributed by atoms with Crippen LogP contribution in [0.25, 0.3) is 4.96 Å². The molecular weight excluding hydrogens is 315 g/mol. The molecule has 0 radical (unpaired) electrons. The highest BCUT2D eigenvalue weighted by Gasteiger charge is 2.07. The van der Waals surface area contributed by atoms with Gasteiger partial charge in [0.2, 0.25) is 10.9 Å². The van der Waals surface area contributed by atoms with E-state index in [9.17, 15) is 9.18 Å². The number of nitrogens with zero attached hydrogens (tertiary/aromatic N) is 3. The van der Waals surface area contributed by atoms with Gasteiger partial charge in [-0.2, -0.15) is 5.10 Å². The number of aryl methyl sites for hydroxylation is 1. The lowest BCUT2D eigenvalue weighted by atomic mass is 10.1. The molecule has 2 aromatic heterocycles. The van der Waals surface area contributed by atoms with Gasteiger partial charge in [-0.15, -0.1) is 11.3 Å². The van der Waals surface area contributed by atoms with E-state index < -0.39 is 0 Å². The first-order chi connectivity index (χ1) is 11.2. The number of nitrogens with one attached hydrogen (secondary N) is 1. The fourth-order valence-electron chi connectivity index (χ4n) is 2.40. The number of thiazole rings is 1. The summed E-state index contributed by atoms with van der Waals surface area (Å²) < 4.78 is 15.2. The second-order valence-electron chi connectivity index (χ2n) is 5.23. The fraction of sp³-hybridized carbons (Fsp3) is 0.312. The normalized spacial score (nSPS) is 11.0. The highest BCUT2D eigenvalue weighted by molar-refractivity contribution is 7.15. The van der Waals surface area contributed by atoms with Crippen molar-refractivity contribution in [2.24, 2.45) is 0 Å². The van der Waals surface area contributed by atoms with Crippen molar-refractivity contribution in [1.82, 2.24) is 19.9 Å². The molecule has 0 saturated heterocycles. The first kappa shape index (κ1) is 15.6. The quantitative estimate of drug-likeness (QED) is 0.723. The van der Waals surface area contributed by atoms with Crippen molar-refractivity contribution < 1.29 is 9.18 Å². The van der Waals surface area contributed by atoms with Crippen LogP contribution in [-0.4, -0.2) is 27.0 Å². The van der Waals surface area contributed by atoms with Crippen LogP contribution in [0.5, 0.6) is 0 Å². The van der Waals surface area contributed by atoms with Gasteiger partial charge >= 0.3 is 0 Å². The zero-order valence-electron chi connectivity index (χ0n) is 12.5. The molecular formula is C16H17FN4OS. The molecule has 120 valence electrons. The van der Waals surface area contributed by atoms with Crippen LogP contribution >= 0.6 is 11.3 Å². The second kappa shape index (κ2) is 7.32. The summed E-state index contributed by atoms with van der Waals surface area (Å²) in [5, 5.41) is 9.02. The minimum absolute atomic E-state index is 0.00796. The number of carbonyl (C=O) groups is 1. The molecule has 1 N–H and O–H groups in total. The minimum Gasteiger partial charge on any atom is -0.356 e. The molecule has 7 heteroatoms. The molecule has 1 amide bonds. The van der Waals surface area contributed by atoms with Crippen LogP contribution < -0.4 is 5.32 Å². The largest absolute Gasteiger partial charge is 0.356 e. The van der Waals surface area contributed by atoms with Crippen LogP contribution in [-0.2, 0) is 17.6 Å². The number of hydrogen-bond acceptors (Lipinski definition) is 4. The summed E-state index contributed by atoms with van der Waals surface area (Å²) >= 11 is 1.53. The lowest BCUT2D eigenvalue weighted by Gasteiger charge is -2.05. The van der Waals surface area contributed by atoms with Crippen LogP contribution in [0.3, 0.4) is 0 Å². The zero-order valence-corrected chi connectivity index (χ0v) is 13.4. The SMILES string of the molecule is O=C(CCCc1ccccc1F)NCCc1csc2ncnn12. The van der Waals surface area contributed by atoms with Gasteiger partial charge in [0.15, 0.2) is 0 Å². The molecule has 0 fully saturated rings. The smallest absolute Gasteiger partial charge is 0.220 e. The van der Waals surface area contributed by atoms with E-state index in [2.05, 4.69) is 15.4 Å². The van der Waals surface area contributed by atoms with Gasteiger partial charge in [0.05, 0.1) is 5.69 Å². The zero-order chi connectivity index (χ0) is 16.1. The Morgan fingerprint density at radius 1 is 1.30 bits per heavy atom. The Morgan fingerprint density at radius 2 is 2.17 bits per heavy atom. The van der Waals surface area contributed by atoms with E-state index in [1.807, 2.05) is 11.4 Å². The van der Waals surface area contributed by atoms with Gasteiger partial charge in [0, 0.05) is 24.8 Å². The maximum atomic E-state index is 13.5. The summed E-state index contributed by atoms with van der Waals surface area (Å²) in [5.41, 5.74) is 1.70. The number of rotatable bonds is 7. The van der Waals surface area contributed by atoms with Crippen LogP contribution in [0.4, 0.5) is 4.39 Å². The van der Waals surface area contributed by atoms with E-state index >= 15 is 0 Å². The summed E-state index contributed by atoms with van der Waals surface area (Å²) in [6, 6.07) is 6.68. The molecule has 3 rings (SSSR count). The molecule has 5 nitrogen and oxygen atoms in total. The summed E-state index contributed by atoms with van der Waals surface area (Å²) in [5.74, 6) is -0.214. The van der Waals surface area contributed by atoms with E-state index in [0.717, 1.165) is 10.7 Å². The summed E-state index contributed by atoms with van der Waals surface area (Å²) in [4.78, 5) is 16.8. The van der Waals surface area contributed by atoms with Gasteiger partial charge in [0.25, 0.3) is 0 Å². The van der Waals surface area contributed by atoms with Crippen molar-refractivity contribution in [3.63, 3.8) is 0 Å². The molecule has 0 saturated carbocycles. The van der Waals surface area contributed by atoms with E-state index in [4.69, 9.17) is 0 Å². The Balaban J connectivity index is 1.38. The molecule has 3 aromatic rings. The maximum absolute atomic E-state index is 13.5. The number of benzene rings is 1. The first-order valence-corrected chi connectivity index (χ1v) is 8.38. The molecule has 0 aliphatic carbocycles. The van der Waals surface area contributed by atoms with E-state index in [0.29, 0.717) is 37.8 Å². The van der Waals surface area contributed by atoms with Gasteiger partial charge in [-0.1, -0.05) is 18.2 Å². The predicted molar refractivity (Wildman–Crippen MR) is 86.9 cm³/mol. The van der Waals surface area contributed by atoms with Crippen LogP contribution in [0.2, 0.25) is 0 Å². The fourth-order valence-corrected chi connectivity index (χ4v) is 3.23. The maximum Gasteiger partial charge on any atom is 0.220 e. The Labute approximate surface area is 137 Å². The molecule has 0 aliphatic heterocycles. The van der Waals surface area contributed by atoms with Crippen LogP contribution in [0.15, 0.2) is 36.0 Å². The summed E-state index contributed by atoms with van der Waals surface area (Å²) in [6.45, 7) is 0.560. The number of carbonyl (C=O) groups excluding carboxylic acids is 1. The Morgan fingerprint density at radius 3 is 3.04 bits per heavy atom. The van der Waals surface area contributed by atoms with E-state index in [1.54, 1.807) is 16.6 Å². The number of aromatic nitrogens is 3. The number of amides is 1. The van der Waals surface area contributed by atoms with Gasteiger partial charge in [-0.05, 0) is 24.5 Å². The third-order valence-corrected chi connectivity index (χ3v) is 4.48. The van der Waals surface area contributed by atoms with Crippen LogP contribution in [0, 0.1) is 5.82 Å². The molecule has 1 aromatic carbocycles. The molecule has 0 bridgehead atoms. The number of fused-ring (bicyclic) bond motifs is 1. The monoisotopic (exact) mass is 332 g/mol. The third kappa shape index (κ3) is 3.92. The van der Waals surface area contributed by atoms with Crippen molar-refractivity contribution in [2.75, 3.05) is 6.54 Å². The average Bonchev–Trinajstić information content (AvgIpc) is 3.14. The summed E-state index contributed by atoms with van der Waals surface area (Å²) in [7, 11) is 0. The molecule has 0 spiro atoms. The Kier molecular flexibility index (Phi) is 4.97. The molecule has 2 heterocycles. The van der Waals surface area contributed by atoms with E-state index in [-0.39, 0.29) is 11.7 Å². The molecule has 0 aliphatic rings. The molecule has 23 heavy (non-hydrogen) atoms. The van der Waals surface area contributed by atoms with Gasteiger partial charge < -0.3 is 5.32 Å². The van der Waals surface area contributed by atoms with Crippen molar-refractivity contribution in [1.29, 1.82) is 0 Å². The lowest BCUT2D eigenvalue weighted by Crippen LogP contribution is -2.25. The number of halogens is 1. The van der Waals surface area contributed by atoms with Crippen molar-refractivity contribution in [3.05, 3.63) is 53.0 Å². The predicted octanol–water partition coefficient (Wildman–Crippen LogP) is 2.61. The van der Waals surface area contributed by atoms with Gasteiger partial charge in [0.1, 0.15) is 12.1 Å². The Hall–Kier alpha value is -2.28. The standard InChI is InChI=1S/C16H17FN4OS/c17-14-6-2-1-4-12(14)5-3-7-15(22)18-9-8-13-10-23-16-19-11-20-21(13)16/h1-2,4,6,10-11H,3,5,7-9H2,(H,18,22). The van der Waals surface area contributed by atoms with E-state index in [1.165, 1.54) is 23.7 Å². The van der Waals surface area contributed by atoms with Gasteiger partial charge in [-0.3, -0.25) is 4.79 Å². The molecule has 0 unspecified atom stereocenters.